The van der Waals surface area contributed by atoms with E-state index in [2.05, 4.69) is 19.8 Å². The van der Waals surface area contributed by atoms with Gasteiger partial charge < -0.3 is 38.9 Å². The van der Waals surface area contributed by atoms with E-state index in [1.807, 2.05) is 12.1 Å². The van der Waals surface area contributed by atoms with Gasteiger partial charge in [0.05, 0.1) is 33.4 Å². The second kappa shape index (κ2) is 10.7. The third-order valence-electron chi connectivity index (χ3n) is 6.51. The van der Waals surface area contributed by atoms with Crippen molar-refractivity contribution in [1.29, 1.82) is 0 Å². The number of carbonyl (C=O) groups excluding carboxylic acids is 2. The fourth-order valence-electron chi connectivity index (χ4n) is 5.00. The summed E-state index contributed by atoms with van der Waals surface area (Å²) in [4.78, 5) is 25.3. The molecule has 10 nitrogen and oxygen atoms in total. The lowest BCUT2D eigenvalue weighted by atomic mass is 9.64. The van der Waals surface area contributed by atoms with E-state index in [0.717, 1.165) is 17.4 Å². The summed E-state index contributed by atoms with van der Waals surface area (Å²) < 4.78 is 27.5. The summed E-state index contributed by atoms with van der Waals surface area (Å²) >= 11 is 0. The first-order valence-corrected chi connectivity index (χ1v) is 11.6. The van der Waals surface area contributed by atoms with E-state index >= 15 is 0 Å². The average Bonchev–Trinajstić information content (AvgIpc) is 3.32. The van der Waals surface area contributed by atoms with Crippen molar-refractivity contribution in [3.8, 4) is 28.7 Å². The molecule has 35 heavy (non-hydrogen) atoms. The van der Waals surface area contributed by atoms with Crippen molar-refractivity contribution in [2.45, 2.75) is 12.0 Å². The number of fused-ring (bicyclic) bond motifs is 2. The smallest absolute Gasteiger partial charge is 0.234 e. The highest BCUT2D eigenvalue weighted by Crippen LogP contribution is 2.53. The monoisotopic (exact) mass is 504 g/mol. The molecule has 4 rings (SSSR count). The summed E-state index contributed by atoms with van der Waals surface area (Å²) in [5.41, 5.74) is 2.28. The van der Waals surface area contributed by atoms with Crippen molar-refractivity contribution in [2.75, 3.05) is 41.3 Å². The Bertz CT molecular complexity index is 1090. The highest BCUT2D eigenvalue weighted by Gasteiger charge is 2.45. The van der Waals surface area contributed by atoms with Crippen molar-refractivity contribution < 1.29 is 38.4 Å². The van der Waals surface area contributed by atoms with Crippen LogP contribution in [0.15, 0.2) is 24.3 Å². The van der Waals surface area contributed by atoms with Gasteiger partial charge in [-0.05, 0) is 41.0 Å². The summed E-state index contributed by atoms with van der Waals surface area (Å²) in [7, 11) is 6.75. The maximum Gasteiger partial charge on any atom is 0.234 e. The number of nitrogens with one attached hydrogen (secondary N) is 2. The fourth-order valence-corrected chi connectivity index (χ4v) is 5.18. The standard InChI is InChI=1S/C24H29N2O8P/c1-30-10-16-15(9-27)22(12-4-19(31-2)24(29)20(5-12)32-3)13-6-17-18(34-11-33-17)7-14(13)23(16)26-21(28)8-25-35/h4-7,9,15-16,22-23,25,29H,8,10-11,35H2,1-3H3,(H,26,28)/t15?,16-,22?,23?/m0/s1. The summed E-state index contributed by atoms with van der Waals surface area (Å²) in [5, 5.41) is 16.3. The molecule has 0 aromatic heterocycles. The molecule has 0 spiro atoms. The zero-order valence-corrected chi connectivity index (χ0v) is 20.9. The molecule has 2 aromatic carbocycles. The lowest BCUT2D eigenvalue weighted by Gasteiger charge is -2.42. The van der Waals surface area contributed by atoms with Crippen molar-refractivity contribution in [3.63, 3.8) is 0 Å². The van der Waals surface area contributed by atoms with Crippen molar-refractivity contribution in [2.24, 2.45) is 11.8 Å². The predicted molar refractivity (Wildman–Crippen MR) is 129 cm³/mol. The molecule has 1 aliphatic carbocycles. The van der Waals surface area contributed by atoms with E-state index in [1.165, 1.54) is 14.2 Å². The topological polar surface area (TPSA) is 125 Å². The predicted octanol–water partition coefficient (Wildman–Crippen LogP) is 1.90. The van der Waals surface area contributed by atoms with Crippen LogP contribution in [-0.2, 0) is 14.3 Å². The number of aldehydes is 1. The Morgan fingerprint density at radius 2 is 1.74 bits per heavy atom. The number of carbonyl (C=O) groups is 2. The zero-order valence-electron chi connectivity index (χ0n) is 19.7. The van der Waals surface area contributed by atoms with Gasteiger partial charge in [0.25, 0.3) is 0 Å². The number of hydrogen-bond donors (Lipinski definition) is 3. The van der Waals surface area contributed by atoms with Gasteiger partial charge in [-0.1, -0.05) is 9.39 Å². The number of ether oxygens (including phenoxy) is 5. The maximum absolute atomic E-state index is 12.7. The number of phenolic OH excluding ortho intramolecular Hbond substituents is 1. The van der Waals surface area contributed by atoms with E-state index in [0.29, 0.717) is 17.1 Å². The first kappa shape index (κ1) is 25.0. The highest BCUT2D eigenvalue weighted by molar-refractivity contribution is 7.13. The van der Waals surface area contributed by atoms with E-state index < -0.39 is 23.8 Å². The Morgan fingerprint density at radius 1 is 1.11 bits per heavy atom. The fraction of sp³-hybridized carbons (Fsp3) is 0.417. The Labute approximate surface area is 205 Å². The lowest BCUT2D eigenvalue weighted by molar-refractivity contribution is -0.123. The molecule has 1 amide bonds. The number of phenols is 1. The quantitative estimate of drug-likeness (QED) is 0.347. The highest BCUT2D eigenvalue weighted by atomic mass is 31.0. The molecule has 4 unspecified atom stereocenters. The Balaban J connectivity index is 1.94. The van der Waals surface area contributed by atoms with Gasteiger partial charge in [0.15, 0.2) is 23.0 Å². The minimum absolute atomic E-state index is 0.0797. The number of rotatable bonds is 9. The molecule has 0 saturated carbocycles. The molecule has 0 bridgehead atoms. The van der Waals surface area contributed by atoms with Crippen molar-refractivity contribution >= 4 is 21.6 Å². The first-order valence-electron chi connectivity index (χ1n) is 11.0. The average molecular weight is 504 g/mol. The summed E-state index contributed by atoms with van der Waals surface area (Å²) in [5.74, 6) is -0.254. The van der Waals surface area contributed by atoms with Crippen molar-refractivity contribution in [1.82, 2.24) is 10.4 Å². The number of aromatic hydroxyl groups is 1. The van der Waals surface area contributed by atoms with Gasteiger partial charge in [0, 0.05) is 24.9 Å². The minimum Gasteiger partial charge on any atom is -0.502 e. The van der Waals surface area contributed by atoms with E-state index in [-0.39, 0.29) is 43.1 Å². The normalized spacial score (nSPS) is 22.3. The summed E-state index contributed by atoms with van der Waals surface area (Å²) in [6.45, 7) is 0.387. The van der Waals surface area contributed by atoms with E-state index in [4.69, 9.17) is 23.7 Å². The van der Waals surface area contributed by atoms with Crippen LogP contribution in [0.5, 0.6) is 28.7 Å². The molecule has 188 valence electrons. The summed E-state index contributed by atoms with van der Waals surface area (Å²) in [6, 6.07) is 6.56. The Hall–Kier alpha value is -3.07. The molecule has 2 aromatic rings. The number of amides is 1. The molecule has 1 aliphatic heterocycles. The zero-order chi connectivity index (χ0) is 25.1. The molecule has 0 saturated heterocycles. The molecular weight excluding hydrogens is 475 g/mol. The third-order valence-corrected chi connectivity index (χ3v) is 6.72. The number of methoxy groups -OCH3 is 3. The van der Waals surface area contributed by atoms with Gasteiger partial charge in [0.1, 0.15) is 6.29 Å². The Kier molecular flexibility index (Phi) is 7.64. The molecule has 3 N–H and O–H groups in total. The van der Waals surface area contributed by atoms with Gasteiger partial charge in [-0.25, -0.2) is 0 Å². The number of hydrogen-bond acceptors (Lipinski definition) is 9. The maximum atomic E-state index is 12.7. The molecule has 0 radical (unpaired) electrons. The number of benzene rings is 2. The third kappa shape index (κ3) is 4.61. The molecule has 0 fully saturated rings. The van der Waals surface area contributed by atoms with Gasteiger partial charge >= 0.3 is 0 Å². The van der Waals surface area contributed by atoms with Gasteiger partial charge in [-0.2, -0.15) is 0 Å². The van der Waals surface area contributed by atoms with E-state index in [1.54, 1.807) is 19.2 Å². The van der Waals surface area contributed by atoms with E-state index in [9.17, 15) is 14.7 Å². The second-order valence-electron chi connectivity index (χ2n) is 8.34. The molecule has 1 heterocycles. The van der Waals surface area contributed by atoms with Crippen LogP contribution in [0.3, 0.4) is 0 Å². The van der Waals surface area contributed by atoms with Gasteiger partial charge in [-0.15, -0.1) is 0 Å². The lowest BCUT2D eigenvalue weighted by Crippen LogP contribution is -2.46. The van der Waals surface area contributed by atoms with Gasteiger partial charge in [-0.3, -0.25) is 9.88 Å². The largest absolute Gasteiger partial charge is 0.502 e. The van der Waals surface area contributed by atoms with Crippen LogP contribution in [0.2, 0.25) is 0 Å². The van der Waals surface area contributed by atoms with Crippen LogP contribution in [0.25, 0.3) is 0 Å². The van der Waals surface area contributed by atoms with Gasteiger partial charge in [0.2, 0.25) is 18.4 Å². The first-order chi connectivity index (χ1) is 17.0. The molecule has 5 atom stereocenters. The molecule has 2 aliphatic rings. The summed E-state index contributed by atoms with van der Waals surface area (Å²) in [6.07, 6.45) is 0.890. The minimum atomic E-state index is -0.587. The van der Waals surface area contributed by atoms with Crippen LogP contribution in [0, 0.1) is 11.8 Å². The SMILES string of the molecule is COC[C@@H]1C(NC(=O)CNP)c2cc3c(cc2C(c2cc(OC)c(O)c(OC)c2)C1C=O)OCO3. The second-order valence-corrected chi connectivity index (χ2v) is 8.75. The van der Waals surface area contributed by atoms with Crippen LogP contribution in [0.1, 0.15) is 28.7 Å². The van der Waals surface area contributed by atoms with Crippen LogP contribution >= 0.6 is 9.39 Å². The van der Waals surface area contributed by atoms with Crippen LogP contribution < -0.4 is 29.4 Å². The molecular formula is C24H29N2O8P. The van der Waals surface area contributed by atoms with Crippen LogP contribution in [-0.4, -0.2) is 58.6 Å². The van der Waals surface area contributed by atoms with Crippen LogP contribution in [0.4, 0.5) is 0 Å². The molecule has 11 heteroatoms. The van der Waals surface area contributed by atoms with Crippen molar-refractivity contribution in [3.05, 3.63) is 41.0 Å². The Morgan fingerprint density at radius 3 is 2.29 bits per heavy atom.